The Morgan fingerprint density at radius 2 is 1.63 bits per heavy atom. The maximum Gasteiger partial charge on any atom is 0.317 e. The minimum Gasteiger partial charge on any atom is -0.485 e. The van der Waals surface area contributed by atoms with Crippen molar-refractivity contribution in [3.63, 3.8) is 0 Å². The molecule has 2 aliphatic rings. The number of esters is 1. The Kier molecular flexibility index (Phi) is 7.19. The van der Waals surface area contributed by atoms with Gasteiger partial charge in [0.2, 0.25) is 12.0 Å². The molecule has 184 valence electrons. The molecule has 2 N–H and O–H groups in total. The highest BCUT2D eigenvalue weighted by molar-refractivity contribution is 5.88. The number of hydrogen-bond donors (Lipinski definition) is 2. The van der Waals surface area contributed by atoms with Crippen LogP contribution in [-0.4, -0.2) is 61.0 Å². The van der Waals surface area contributed by atoms with Crippen molar-refractivity contribution >= 4 is 23.7 Å². The van der Waals surface area contributed by atoms with Gasteiger partial charge in [-0.2, -0.15) is 0 Å². The molecule has 1 fully saturated rings. The highest BCUT2D eigenvalue weighted by atomic mass is 16.6. The Balaban J connectivity index is 1.30. The Bertz CT molecular complexity index is 1100. The number of nitrogens with zero attached hydrogens (tertiary/aromatic N) is 1. The molecule has 0 aliphatic carbocycles. The van der Waals surface area contributed by atoms with E-state index in [1.807, 2.05) is 30.3 Å². The number of benzene rings is 2. The zero-order valence-electron chi connectivity index (χ0n) is 19.3. The predicted molar refractivity (Wildman–Crippen MR) is 123 cm³/mol. The lowest BCUT2D eigenvalue weighted by Crippen LogP contribution is -2.52. The minimum atomic E-state index is -0.961. The maximum atomic E-state index is 13.2. The highest BCUT2D eigenvalue weighted by Crippen LogP contribution is 2.37. The van der Waals surface area contributed by atoms with Crippen LogP contribution in [0.1, 0.15) is 25.3 Å². The molecule has 4 rings (SSSR count). The SMILES string of the molecule is CC(=O)N1CCC(C(=O)OCC(=O)NNC(=O)C2COc3ccccc3O2)(c2ccccc2)CC1. The van der Waals surface area contributed by atoms with E-state index in [2.05, 4.69) is 10.9 Å². The number of nitrogens with one attached hydrogen (secondary N) is 2. The number of piperidine rings is 1. The van der Waals surface area contributed by atoms with Crippen LogP contribution in [0.3, 0.4) is 0 Å². The van der Waals surface area contributed by atoms with E-state index in [1.54, 1.807) is 29.2 Å². The van der Waals surface area contributed by atoms with Gasteiger partial charge < -0.3 is 19.1 Å². The van der Waals surface area contributed by atoms with Gasteiger partial charge in [0.1, 0.15) is 6.61 Å². The van der Waals surface area contributed by atoms with Crippen molar-refractivity contribution in [2.75, 3.05) is 26.3 Å². The first-order valence-electron chi connectivity index (χ1n) is 11.3. The monoisotopic (exact) mass is 481 g/mol. The first-order valence-corrected chi connectivity index (χ1v) is 11.3. The molecule has 10 nitrogen and oxygen atoms in total. The lowest BCUT2D eigenvalue weighted by Gasteiger charge is -2.40. The Hall–Kier alpha value is -4.08. The van der Waals surface area contributed by atoms with Gasteiger partial charge in [0.15, 0.2) is 18.1 Å². The predicted octanol–water partition coefficient (Wildman–Crippen LogP) is 1.10. The second-order valence-corrected chi connectivity index (χ2v) is 8.43. The molecule has 1 unspecified atom stereocenters. The molecule has 2 heterocycles. The molecule has 1 atom stereocenters. The van der Waals surface area contributed by atoms with Crippen molar-refractivity contribution in [1.82, 2.24) is 15.8 Å². The summed E-state index contributed by atoms with van der Waals surface area (Å²) >= 11 is 0. The molecule has 0 bridgehead atoms. The standard InChI is InChI=1S/C25H27N3O7/c1-17(29)28-13-11-25(12-14-28,18-7-3-2-4-8-18)24(32)34-16-22(30)26-27-23(31)21-15-33-19-9-5-6-10-20(19)35-21/h2-10,21H,11-16H2,1H3,(H,26,30)(H,27,31). The number of carbonyl (C=O) groups is 4. The van der Waals surface area contributed by atoms with E-state index >= 15 is 0 Å². The van der Waals surface area contributed by atoms with Gasteiger partial charge in [-0.1, -0.05) is 42.5 Å². The molecular weight excluding hydrogens is 454 g/mol. The normalized spacial score (nSPS) is 18.2. The van der Waals surface area contributed by atoms with Gasteiger partial charge in [0.25, 0.3) is 11.8 Å². The maximum absolute atomic E-state index is 13.2. The molecule has 2 aromatic rings. The first-order chi connectivity index (χ1) is 16.9. The van der Waals surface area contributed by atoms with Gasteiger partial charge in [-0.25, -0.2) is 0 Å². The van der Waals surface area contributed by atoms with Crippen LogP contribution in [0, 0.1) is 0 Å². The fourth-order valence-corrected chi connectivity index (χ4v) is 4.24. The van der Waals surface area contributed by atoms with E-state index in [9.17, 15) is 19.2 Å². The third-order valence-electron chi connectivity index (χ3n) is 6.24. The molecule has 35 heavy (non-hydrogen) atoms. The van der Waals surface area contributed by atoms with Crippen LogP contribution in [0.5, 0.6) is 11.5 Å². The quantitative estimate of drug-likeness (QED) is 0.484. The molecule has 1 saturated heterocycles. The summed E-state index contributed by atoms with van der Waals surface area (Å²) in [6.45, 7) is 1.73. The Morgan fingerprint density at radius 1 is 0.971 bits per heavy atom. The summed E-state index contributed by atoms with van der Waals surface area (Å²) < 4.78 is 16.4. The number of carbonyl (C=O) groups excluding carboxylic acids is 4. The van der Waals surface area contributed by atoms with Crippen LogP contribution in [0.2, 0.25) is 0 Å². The molecule has 0 saturated carbocycles. The van der Waals surface area contributed by atoms with Crippen molar-refractivity contribution in [2.24, 2.45) is 0 Å². The van der Waals surface area contributed by atoms with Crippen LogP contribution in [-0.2, 0) is 29.3 Å². The number of amides is 3. The molecule has 0 spiro atoms. The van der Waals surface area contributed by atoms with E-state index in [0.29, 0.717) is 37.4 Å². The van der Waals surface area contributed by atoms with Gasteiger partial charge in [0.05, 0.1) is 5.41 Å². The molecular formula is C25H27N3O7. The number of likely N-dealkylation sites (tertiary alicyclic amines) is 1. The third kappa shape index (κ3) is 5.37. The van der Waals surface area contributed by atoms with Crippen LogP contribution in [0.4, 0.5) is 0 Å². The summed E-state index contributed by atoms with van der Waals surface area (Å²) in [5.41, 5.74) is 4.31. The molecule has 10 heteroatoms. The molecule has 3 amide bonds. The van der Waals surface area contributed by atoms with Crippen LogP contribution < -0.4 is 20.3 Å². The van der Waals surface area contributed by atoms with E-state index in [1.165, 1.54) is 6.92 Å². The van der Waals surface area contributed by atoms with Gasteiger partial charge in [0, 0.05) is 20.0 Å². The second kappa shape index (κ2) is 10.5. The first kappa shape index (κ1) is 24.1. The van der Waals surface area contributed by atoms with Crippen molar-refractivity contribution < 1.29 is 33.4 Å². The summed E-state index contributed by atoms with van der Waals surface area (Å²) in [6.07, 6.45) is -0.178. The average molecular weight is 482 g/mol. The number of hydrazine groups is 1. The third-order valence-corrected chi connectivity index (χ3v) is 6.24. The van der Waals surface area contributed by atoms with E-state index in [0.717, 1.165) is 5.56 Å². The van der Waals surface area contributed by atoms with Crippen molar-refractivity contribution in [2.45, 2.75) is 31.3 Å². The van der Waals surface area contributed by atoms with Gasteiger partial charge in [-0.3, -0.25) is 30.0 Å². The van der Waals surface area contributed by atoms with Crippen molar-refractivity contribution in [3.8, 4) is 11.5 Å². The number of rotatable bonds is 5. The summed E-state index contributed by atoms with van der Waals surface area (Å²) in [5, 5.41) is 0. The second-order valence-electron chi connectivity index (χ2n) is 8.43. The van der Waals surface area contributed by atoms with Crippen molar-refractivity contribution in [3.05, 3.63) is 60.2 Å². The fourth-order valence-electron chi connectivity index (χ4n) is 4.24. The fraction of sp³-hybridized carbons (Fsp3) is 0.360. The van der Waals surface area contributed by atoms with Crippen LogP contribution >= 0.6 is 0 Å². The lowest BCUT2D eigenvalue weighted by molar-refractivity contribution is -0.157. The smallest absolute Gasteiger partial charge is 0.317 e. The zero-order chi connectivity index (χ0) is 24.8. The van der Waals surface area contributed by atoms with Crippen LogP contribution in [0.25, 0.3) is 0 Å². The summed E-state index contributed by atoms with van der Waals surface area (Å²) in [4.78, 5) is 51.2. The number of ether oxygens (including phenoxy) is 3. The van der Waals surface area contributed by atoms with Gasteiger partial charge in [-0.05, 0) is 30.5 Å². The van der Waals surface area contributed by atoms with E-state index in [-0.39, 0.29) is 12.5 Å². The van der Waals surface area contributed by atoms with E-state index in [4.69, 9.17) is 14.2 Å². The largest absolute Gasteiger partial charge is 0.485 e. The minimum absolute atomic E-state index is 0.00935. The zero-order valence-corrected chi connectivity index (χ0v) is 19.3. The van der Waals surface area contributed by atoms with Gasteiger partial charge in [-0.15, -0.1) is 0 Å². The molecule has 0 radical (unpaired) electrons. The summed E-state index contributed by atoms with van der Waals surface area (Å²) in [7, 11) is 0. The Morgan fingerprint density at radius 3 is 2.31 bits per heavy atom. The molecule has 2 aromatic carbocycles. The molecule has 0 aromatic heterocycles. The molecule has 2 aliphatic heterocycles. The summed E-state index contributed by atoms with van der Waals surface area (Å²) in [6, 6.07) is 16.2. The average Bonchev–Trinajstić information content (AvgIpc) is 2.90. The number of para-hydroxylation sites is 2. The van der Waals surface area contributed by atoms with E-state index < -0.39 is 35.9 Å². The van der Waals surface area contributed by atoms with Crippen LogP contribution in [0.15, 0.2) is 54.6 Å². The summed E-state index contributed by atoms with van der Waals surface area (Å²) in [5.74, 6) is -0.931. The lowest BCUT2D eigenvalue weighted by atomic mass is 9.72. The number of hydrogen-bond acceptors (Lipinski definition) is 7. The number of fused-ring (bicyclic) bond motifs is 1. The Labute approximate surface area is 202 Å². The topological polar surface area (TPSA) is 123 Å². The highest BCUT2D eigenvalue weighted by Gasteiger charge is 2.45. The van der Waals surface area contributed by atoms with Crippen molar-refractivity contribution in [1.29, 1.82) is 0 Å². The van der Waals surface area contributed by atoms with Gasteiger partial charge >= 0.3 is 5.97 Å².